The van der Waals surface area contributed by atoms with E-state index in [2.05, 4.69) is 10.5 Å². The lowest BCUT2D eigenvalue weighted by molar-refractivity contribution is -0.117. The van der Waals surface area contributed by atoms with Gasteiger partial charge < -0.3 is 19.5 Å². The fourth-order valence-corrected chi connectivity index (χ4v) is 3.44. The van der Waals surface area contributed by atoms with Crippen LogP contribution in [0.15, 0.2) is 53.1 Å². The van der Waals surface area contributed by atoms with Gasteiger partial charge in [0, 0.05) is 29.9 Å². The molecule has 2 heterocycles. The maximum Gasteiger partial charge on any atom is 0.255 e. The quantitative estimate of drug-likeness (QED) is 0.663. The molecule has 3 aromatic rings. The molecule has 0 atom stereocenters. The summed E-state index contributed by atoms with van der Waals surface area (Å²) in [6, 6.07) is 14.3. The van der Waals surface area contributed by atoms with E-state index in [1.54, 1.807) is 29.2 Å². The van der Waals surface area contributed by atoms with Crippen LogP contribution < -0.4 is 15.0 Å². The van der Waals surface area contributed by atoms with Gasteiger partial charge >= 0.3 is 0 Å². The predicted octanol–water partition coefficient (Wildman–Crippen LogP) is 4.25. The minimum absolute atomic E-state index is 0.116. The second-order valence-electron chi connectivity index (χ2n) is 7.27. The lowest BCUT2D eigenvalue weighted by atomic mass is 10.2. The van der Waals surface area contributed by atoms with E-state index in [0.29, 0.717) is 36.6 Å². The molecule has 1 fully saturated rings. The van der Waals surface area contributed by atoms with Crippen LogP contribution in [0.25, 0.3) is 0 Å². The summed E-state index contributed by atoms with van der Waals surface area (Å²) < 4.78 is 10.9. The first kappa shape index (κ1) is 19.7. The van der Waals surface area contributed by atoms with E-state index in [9.17, 15) is 9.59 Å². The van der Waals surface area contributed by atoms with Crippen molar-refractivity contribution in [1.29, 1.82) is 0 Å². The van der Waals surface area contributed by atoms with Gasteiger partial charge in [-0.25, -0.2) is 0 Å². The lowest BCUT2D eigenvalue weighted by Gasteiger charge is -2.16. The van der Waals surface area contributed by atoms with Crippen LogP contribution in [0.4, 0.5) is 11.4 Å². The third kappa shape index (κ3) is 4.20. The molecule has 0 unspecified atom stereocenters. The van der Waals surface area contributed by atoms with Gasteiger partial charge in [0.05, 0.1) is 11.3 Å². The maximum atomic E-state index is 12.6. The molecular weight excluding hydrogens is 382 g/mol. The molecule has 30 heavy (non-hydrogen) atoms. The number of anilines is 2. The van der Waals surface area contributed by atoms with Crippen LogP contribution in [-0.4, -0.2) is 23.5 Å². The SMILES string of the molecule is Cc1noc(C)c1COc1ccc(C(=O)Nc2cccc(N3CCCC3=O)c2)cc1. The molecule has 2 aromatic carbocycles. The fourth-order valence-electron chi connectivity index (χ4n) is 3.44. The largest absolute Gasteiger partial charge is 0.489 e. The summed E-state index contributed by atoms with van der Waals surface area (Å²) >= 11 is 0. The van der Waals surface area contributed by atoms with E-state index in [-0.39, 0.29) is 11.8 Å². The molecule has 1 saturated heterocycles. The van der Waals surface area contributed by atoms with E-state index in [1.807, 2.05) is 38.1 Å². The van der Waals surface area contributed by atoms with Crippen molar-refractivity contribution in [2.45, 2.75) is 33.3 Å². The van der Waals surface area contributed by atoms with E-state index in [1.165, 1.54) is 0 Å². The summed E-state index contributed by atoms with van der Waals surface area (Å²) in [5.41, 5.74) is 3.70. The molecule has 1 aliphatic heterocycles. The van der Waals surface area contributed by atoms with E-state index in [4.69, 9.17) is 9.26 Å². The Morgan fingerprint density at radius 3 is 2.67 bits per heavy atom. The first-order valence-electron chi connectivity index (χ1n) is 9.87. The Balaban J connectivity index is 1.39. The van der Waals surface area contributed by atoms with Gasteiger partial charge in [0.15, 0.2) is 0 Å². The number of carbonyl (C=O) groups excluding carboxylic acids is 2. The number of nitrogens with one attached hydrogen (secondary N) is 1. The van der Waals surface area contributed by atoms with Crippen molar-refractivity contribution >= 4 is 23.2 Å². The third-order valence-electron chi connectivity index (χ3n) is 5.17. The van der Waals surface area contributed by atoms with E-state index in [0.717, 1.165) is 29.1 Å². The number of hydrogen-bond donors (Lipinski definition) is 1. The summed E-state index contributed by atoms with van der Waals surface area (Å²) in [5.74, 6) is 1.28. The first-order valence-corrected chi connectivity index (χ1v) is 9.87. The molecule has 7 nitrogen and oxygen atoms in total. The number of aryl methyl sites for hydroxylation is 2. The zero-order valence-electron chi connectivity index (χ0n) is 17.0. The number of ether oxygens (including phenoxy) is 1. The predicted molar refractivity (Wildman–Crippen MR) is 113 cm³/mol. The molecule has 7 heteroatoms. The van der Waals surface area contributed by atoms with Crippen LogP contribution in [0, 0.1) is 13.8 Å². The van der Waals surface area contributed by atoms with E-state index >= 15 is 0 Å². The average Bonchev–Trinajstić information content (AvgIpc) is 3.32. The highest BCUT2D eigenvalue weighted by molar-refractivity contribution is 6.05. The molecule has 1 aromatic heterocycles. The normalized spacial score (nSPS) is 13.5. The van der Waals surface area contributed by atoms with Crippen molar-refractivity contribution in [3.05, 3.63) is 71.1 Å². The second-order valence-corrected chi connectivity index (χ2v) is 7.27. The molecule has 0 spiro atoms. The number of rotatable bonds is 6. The van der Waals surface area contributed by atoms with Gasteiger partial charge in [-0.05, 0) is 62.7 Å². The van der Waals surface area contributed by atoms with Gasteiger partial charge in [0.1, 0.15) is 18.1 Å². The Bertz CT molecular complexity index is 1050. The first-order chi connectivity index (χ1) is 14.5. The van der Waals surface area contributed by atoms with Crippen LogP contribution in [0.5, 0.6) is 5.75 Å². The minimum Gasteiger partial charge on any atom is -0.489 e. The molecule has 154 valence electrons. The number of aromatic nitrogens is 1. The van der Waals surface area contributed by atoms with Gasteiger partial charge in [-0.2, -0.15) is 0 Å². The lowest BCUT2D eigenvalue weighted by Crippen LogP contribution is -2.23. The monoisotopic (exact) mass is 405 g/mol. The molecule has 1 aliphatic rings. The van der Waals surface area contributed by atoms with Crippen molar-refractivity contribution in [2.75, 3.05) is 16.8 Å². The number of benzene rings is 2. The van der Waals surface area contributed by atoms with Crippen molar-refractivity contribution in [1.82, 2.24) is 5.16 Å². The maximum absolute atomic E-state index is 12.6. The van der Waals surface area contributed by atoms with E-state index < -0.39 is 0 Å². The van der Waals surface area contributed by atoms with Gasteiger partial charge in [-0.3, -0.25) is 9.59 Å². The molecule has 2 amide bonds. The van der Waals surface area contributed by atoms with Crippen molar-refractivity contribution in [3.63, 3.8) is 0 Å². The molecular formula is C23H23N3O4. The van der Waals surface area contributed by atoms with Crippen molar-refractivity contribution in [3.8, 4) is 5.75 Å². The van der Waals surface area contributed by atoms with Gasteiger partial charge in [-0.15, -0.1) is 0 Å². The zero-order valence-corrected chi connectivity index (χ0v) is 17.0. The highest BCUT2D eigenvalue weighted by Gasteiger charge is 2.21. The summed E-state index contributed by atoms with van der Waals surface area (Å²) in [4.78, 5) is 26.3. The standard InChI is InChI=1S/C23H23N3O4/c1-15-21(16(2)30-25-15)14-29-20-10-8-17(9-11-20)23(28)24-18-5-3-6-19(13-18)26-12-4-7-22(26)27/h3,5-6,8-11,13H,4,7,12,14H2,1-2H3,(H,24,28). The summed E-state index contributed by atoms with van der Waals surface area (Å²) in [6.07, 6.45) is 1.43. The molecule has 0 aliphatic carbocycles. The second kappa shape index (κ2) is 8.41. The Kier molecular flexibility index (Phi) is 5.52. The summed E-state index contributed by atoms with van der Waals surface area (Å²) in [6.45, 7) is 4.79. The van der Waals surface area contributed by atoms with Crippen LogP contribution in [0.3, 0.4) is 0 Å². The van der Waals surface area contributed by atoms with Crippen LogP contribution in [0.2, 0.25) is 0 Å². The minimum atomic E-state index is -0.225. The van der Waals surface area contributed by atoms with Crippen LogP contribution >= 0.6 is 0 Å². The number of nitrogens with zero attached hydrogens (tertiary/aromatic N) is 2. The third-order valence-corrected chi connectivity index (χ3v) is 5.17. The number of hydrogen-bond acceptors (Lipinski definition) is 5. The number of amides is 2. The smallest absolute Gasteiger partial charge is 0.255 e. The Morgan fingerprint density at radius 2 is 2.00 bits per heavy atom. The zero-order chi connectivity index (χ0) is 21.1. The molecule has 1 N–H and O–H groups in total. The summed E-state index contributed by atoms with van der Waals surface area (Å²) in [5, 5.41) is 6.80. The van der Waals surface area contributed by atoms with Gasteiger partial charge in [0.25, 0.3) is 5.91 Å². The molecule has 0 saturated carbocycles. The molecule has 4 rings (SSSR count). The van der Waals surface area contributed by atoms with Gasteiger partial charge in [0.2, 0.25) is 5.91 Å². The van der Waals surface area contributed by atoms with Crippen LogP contribution in [0.1, 0.15) is 40.2 Å². The molecule has 0 bridgehead atoms. The highest BCUT2D eigenvalue weighted by Crippen LogP contribution is 2.25. The fraction of sp³-hybridized carbons (Fsp3) is 0.261. The topological polar surface area (TPSA) is 84.7 Å². The Hall–Kier alpha value is -3.61. The van der Waals surface area contributed by atoms with Crippen molar-refractivity contribution in [2.24, 2.45) is 0 Å². The highest BCUT2D eigenvalue weighted by atomic mass is 16.5. The average molecular weight is 405 g/mol. The Labute approximate surface area is 174 Å². The van der Waals surface area contributed by atoms with Crippen LogP contribution in [-0.2, 0) is 11.4 Å². The van der Waals surface area contributed by atoms with Crippen molar-refractivity contribution < 1.29 is 18.8 Å². The summed E-state index contributed by atoms with van der Waals surface area (Å²) in [7, 11) is 0. The van der Waals surface area contributed by atoms with Gasteiger partial charge in [-0.1, -0.05) is 11.2 Å². The molecule has 0 radical (unpaired) electrons. The number of carbonyl (C=O) groups is 2. The Morgan fingerprint density at radius 1 is 1.20 bits per heavy atom.